The molecule has 7 heteroatoms. The molecule has 1 heterocycles. The maximum Gasteiger partial charge on any atom is 0.236 e. The zero-order valence-electron chi connectivity index (χ0n) is 19.6. The van der Waals surface area contributed by atoms with Crippen LogP contribution in [-0.2, 0) is 24.9 Å². The van der Waals surface area contributed by atoms with Crippen LogP contribution in [0.15, 0.2) is 90.1 Å². The summed E-state index contributed by atoms with van der Waals surface area (Å²) in [4.78, 5) is 15.5. The molecule has 174 valence electrons. The van der Waals surface area contributed by atoms with E-state index in [1.807, 2.05) is 108 Å². The molecule has 6 nitrogen and oxygen atoms in total. The predicted octanol–water partition coefficient (Wildman–Crippen LogP) is 5.20. The van der Waals surface area contributed by atoms with Crippen molar-refractivity contribution < 1.29 is 9.53 Å². The molecule has 1 amide bonds. The molecule has 0 aliphatic heterocycles. The summed E-state index contributed by atoms with van der Waals surface area (Å²) in [6, 6.07) is 27.9. The van der Waals surface area contributed by atoms with E-state index in [0.717, 1.165) is 28.3 Å². The molecule has 0 N–H and O–H groups in total. The topological polar surface area (TPSA) is 60.3 Å². The van der Waals surface area contributed by atoms with Crippen LogP contribution < -0.4 is 4.74 Å². The van der Waals surface area contributed by atoms with Gasteiger partial charge >= 0.3 is 0 Å². The van der Waals surface area contributed by atoms with Crippen LogP contribution in [0.5, 0.6) is 5.75 Å². The van der Waals surface area contributed by atoms with Crippen molar-refractivity contribution in [1.29, 1.82) is 0 Å². The SMILES string of the molecule is COc1ccc(-c2nnc(SC(C)C(=O)N(Cc3ccccc3)Cc3ccccc3)n2C)cc1. The minimum atomic E-state index is -0.320. The second-order valence-electron chi connectivity index (χ2n) is 8.02. The van der Waals surface area contributed by atoms with E-state index in [2.05, 4.69) is 10.2 Å². The number of benzene rings is 3. The Hall–Kier alpha value is -3.58. The van der Waals surface area contributed by atoms with Gasteiger partial charge in [0, 0.05) is 25.7 Å². The molecule has 0 bridgehead atoms. The summed E-state index contributed by atoms with van der Waals surface area (Å²) in [5.74, 6) is 1.60. The Kier molecular flexibility index (Phi) is 7.65. The summed E-state index contributed by atoms with van der Waals surface area (Å²) in [6.07, 6.45) is 0. The fourth-order valence-corrected chi connectivity index (χ4v) is 4.59. The van der Waals surface area contributed by atoms with E-state index in [-0.39, 0.29) is 11.2 Å². The molecule has 1 atom stereocenters. The summed E-state index contributed by atoms with van der Waals surface area (Å²) in [5, 5.41) is 9.10. The van der Waals surface area contributed by atoms with Gasteiger partial charge in [0.25, 0.3) is 0 Å². The molecule has 1 aromatic heterocycles. The van der Waals surface area contributed by atoms with Crippen LogP contribution >= 0.6 is 11.8 Å². The molecule has 0 spiro atoms. The van der Waals surface area contributed by atoms with E-state index < -0.39 is 0 Å². The lowest BCUT2D eigenvalue weighted by Crippen LogP contribution is -2.35. The van der Waals surface area contributed by atoms with Gasteiger partial charge in [0.2, 0.25) is 5.91 Å². The maximum atomic E-state index is 13.5. The van der Waals surface area contributed by atoms with Gasteiger partial charge in [0.15, 0.2) is 11.0 Å². The van der Waals surface area contributed by atoms with Crippen molar-refractivity contribution >= 4 is 17.7 Å². The van der Waals surface area contributed by atoms with Gasteiger partial charge in [-0.25, -0.2) is 0 Å². The number of hydrogen-bond donors (Lipinski definition) is 0. The second-order valence-corrected chi connectivity index (χ2v) is 9.33. The van der Waals surface area contributed by atoms with Crippen LogP contribution in [0.3, 0.4) is 0 Å². The Labute approximate surface area is 204 Å². The monoisotopic (exact) mass is 472 g/mol. The van der Waals surface area contributed by atoms with Crippen LogP contribution in [0.4, 0.5) is 0 Å². The number of carbonyl (C=O) groups excluding carboxylic acids is 1. The summed E-state index contributed by atoms with van der Waals surface area (Å²) < 4.78 is 7.16. The van der Waals surface area contributed by atoms with Gasteiger partial charge in [-0.15, -0.1) is 10.2 Å². The summed E-state index contributed by atoms with van der Waals surface area (Å²) >= 11 is 1.42. The Morgan fingerprint density at radius 3 is 2.00 bits per heavy atom. The van der Waals surface area contributed by atoms with Crippen molar-refractivity contribution in [2.24, 2.45) is 7.05 Å². The highest BCUT2D eigenvalue weighted by Gasteiger charge is 2.24. The second kappa shape index (κ2) is 11.0. The number of thioether (sulfide) groups is 1. The molecule has 4 rings (SSSR count). The van der Waals surface area contributed by atoms with Crippen molar-refractivity contribution in [3.63, 3.8) is 0 Å². The first-order valence-corrected chi connectivity index (χ1v) is 12.0. The third-order valence-electron chi connectivity index (χ3n) is 5.56. The largest absolute Gasteiger partial charge is 0.497 e. The molecule has 0 saturated heterocycles. The highest BCUT2D eigenvalue weighted by molar-refractivity contribution is 8.00. The van der Waals surface area contributed by atoms with E-state index in [1.165, 1.54) is 11.8 Å². The van der Waals surface area contributed by atoms with Gasteiger partial charge in [0.05, 0.1) is 12.4 Å². The van der Waals surface area contributed by atoms with Crippen molar-refractivity contribution in [3.05, 3.63) is 96.1 Å². The first kappa shape index (κ1) is 23.6. The minimum absolute atomic E-state index is 0.0618. The lowest BCUT2D eigenvalue weighted by molar-refractivity contribution is -0.131. The van der Waals surface area contributed by atoms with Crippen LogP contribution in [0.1, 0.15) is 18.1 Å². The number of rotatable bonds is 9. The first-order chi connectivity index (χ1) is 16.5. The van der Waals surface area contributed by atoms with Crippen LogP contribution in [-0.4, -0.2) is 37.9 Å². The van der Waals surface area contributed by atoms with Gasteiger partial charge in [0.1, 0.15) is 5.75 Å². The standard InChI is InChI=1S/C27H28N4O2S/c1-20(34-27-29-28-25(30(27)2)23-14-16-24(33-3)17-15-23)26(32)31(18-21-10-6-4-7-11-21)19-22-12-8-5-9-13-22/h4-17,20H,18-19H2,1-3H3. The number of ether oxygens (including phenoxy) is 1. The van der Waals surface area contributed by atoms with E-state index in [1.54, 1.807) is 7.11 Å². The quantitative estimate of drug-likeness (QED) is 0.313. The number of nitrogens with zero attached hydrogens (tertiary/aromatic N) is 4. The summed E-state index contributed by atoms with van der Waals surface area (Å²) in [7, 11) is 3.56. The van der Waals surface area contributed by atoms with E-state index in [9.17, 15) is 4.79 Å². The molecule has 0 aliphatic carbocycles. The molecule has 34 heavy (non-hydrogen) atoms. The van der Waals surface area contributed by atoms with Crippen molar-refractivity contribution in [2.45, 2.75) is 30.4 Å². The fraction of sp³-hybridized carbons (Fsp3) is 0.222. The van der Waals surface area contributed by atoms with E-state index >= 15 is 0 Å². The smallest absolute Gasteiger partial charge is 0.236 e. The lowest BCUT2D eigenvalue weighted by atomic mass is 10.1. The Morgan fingerprint density at radius 2 is 1.47 bits per heavy atom. The Balaban J connectivity index is 1.51. The summed E-state index contributed by atoms with van der Waals surface area (Å²) in [6.45, 7) is 3.03. The number of aromatic nitrogens is 3. The van der Waals surface area contributed by atoms with Crippen molar-refractivity contribution in [1.82, 2.24) is 19.7 Å². The average Bonchev–Trinajstić information content (AvgIpc) is 3.24. The Morgan fingerprint density at radius 1 is 0.912 bits per heavy atom. The third-order valence-corrected chi connectivity index (χ3v) is 6.68. The fourth-order valence-electron chi connectivity index (χ4n) is 3.69. The number of hydrogen-bond acceptors (Lipinski definition) is 5. The van der Waals surface area contributed by atoms with Gasteiger partial charge in [-0.1, -0.05) is 72.4 Å². The minimum Gasteiger partial charge on any atom is -0.497 e. The summed E-state index contributed by atoms with van der Waals surface area (Å²) in [5.41, 5.74) is 3.14. The molecule has 3 aromatic carbocycles. The maximum absolute atomic E-state index is 13.5. The molecule has 0 fully saturated rings. The molecular weight excluding hydrogens is 444 g/mol. The molecule has 0 radical (unpaired) electrons. The number of carbonyl (C=O) groups is 1. The molecule has 0 aliphatic rings. The van der Waals surface area contributed by atoms with Crippen LogP contribution in [0.2, 0.25) is 0 Å². The number of amides is 1. The van der Waals surface area contributed by atoms with Crippen molar-refractivity contribution in [3.8, 4) is 17.1 Å². The molecular formula is C27H28N4O2S. The normalized spacial score (nSPS) is 11.7. The van der Waals surface area contributed by atoms with Gasteiger partial charge in [-0.3, -0.25) is 4.79 Å². The predicted molar refractivity (Wildman–Crippen MR) is 135 cm³/mol. The molecule has 4 aromatic rings. The Bertz CT molecular complexity index is 1170. The zero-order valence-corrected chi connectivity index (χ0v) is 20.4. The van der Waals surface area contributed by atoms with Crippen molar-refractivity contribution in [2.75, 3.05) is 7.11 Å². The average molecular weight is 473 g/mol. The van der Waals surface area contributed by atoms with E-state index in [0.29, 0.717) is 18.2 Å². The lowest BCUT2D eigenvalue weighted by Gasteiger charge is -2.26. The van der Waals surface area contributed by atoms with Gasteiger partial charge in [-0.05, 0) is 42.3 Å². The van der Waals surface area contributed by atoms with Gasteiger partial charge < -0.3 is 14.2 Å². The highest BCUT2D eigenvalue weighted by atomic mass is 32.2. The third kappa shape index (κ3) is 5.66. The number of methoxy groups -OCH3 is 1. The van der Waals surface area contributed by atoms with E-state index in [4.69, 9.17) is 4.74 Å². The first-order valence-electron chi connectivity index (χ1n) is 11.1. The molecule has 1 unspecified atom stereocenters. The highest BCUT2D eigenvalue weighted by Crippen LogP contribution is 2.28. The molecule has 0 saturated carbocycles. The zero-order chi connectivity index (χ0) is 23.9. The van der Waals surface area contributed by atoms with Crippen LogP contribution in [0, 0.1) is 0 Å². The van der Waals surface area contributed by atoms with Gasteiger partial charge in [-0.2, -0.15) is 0 Å². The van der Waals surface area contributed by atoms with Crippen LogP contribution in [0.25, 0.3) is 11.4 Å².